The van der Waals surface area contributed by atoms with E-state index in [1.54, 1.807) is 13.0 Å². The van der Waals surface area contributed by atoms with Gasteiger partial charge < -0.3 is 4.74 Å². The van der Waals surface area contributed by atoms with E-state index in [1.165, 1.54) is 0 Å². The molecule has 0 bridgehead atoms. The third-order valence-corrected chi connectivity index (χ3v) is 2.11. The molecule has 0 saturated heterocycles. The lowest BCUT2D eigenvalue weighted by atomic mass is 10.2. The number of para-hydroxylation sites is 1. The molecule has 5 heteroatoms. The molecule has 5 nitrogen and oxygen atoms in total. The lowest BCUT2D eigenvalue weighted by molar-refractivity contribution is -0.129. The van der Waals surface area contributed by atoms with Crippen LogP contribution < -0.4 is 15.6 Å². The Kier molecular flexibility index (Phi) is 5.00. The van der Waals surface area contributed by atoms with E-state index in [0.29, 0.717) is 12.2 Å². The number of hydrogen-bond acceptors (Lipinski definition) is 3. The molecule has 1 rings (SSSR count). The number of aryl methyl sites for hydroxylation is 1. The molecule has 0 saturated carbocycles. The molecule has 2 amide bonds. The van der Waals surface area contributed by atoms with Crippen molar-refractivity contribution in [2.24, 2.45) is 0 Å². The second-order valence-corrected chi connectivity index (χ2v) is 3.50. The van der Waals surface area contributed by atoms with Crippen LogP contribution in [0, 0.1) is 6.92 Å². The Morgan fingerprint density at radius 1 is 1.18 bits per heavy atom. The molecule has 0 aromatic heterocycles. The van der Waals surface area contributed by atoms with Gasteiger partial charge in [-0.15, -0.1) is 0 Å². The predicted octanol–water partition coefficient (Wildman–Crippen LogP) is 0.931. The Morgan fingerprint density at radius 3 is 2.47 bits per heavy atom. The molecule has 0 unspecified atom stereocenters. The van der Waals surface area contributed by atoms with Crippen LogP contribution in [-0.4, -0.2) is 18.4 Å². The van der Waals surface area contributed by atoms with Gasteiger partial charge in [-0.3, -0.25) is 20.4 Å². The van der Waals surface area contributed by atoms with E-state index in [2.05, 4.69) is 10.9 Å². The summed E-state index contributed by atoms with van der Waals surface area (Å²) < 4.78 is 5.30. The molecular formula is C12H16N2O3. The van der Waals surface area contributed by atoms with Crippen molar-refractivity contribution >= 4 is 11.8 Å². The quantitative estimate of drug-likeness (QED) is 0.764. The summed E-state index contributed by atoms with van der Waals surface area (Å²) in [5, 5.41) is 0. The van der Waals surface area contributed by atoms with Crippen molar-refractivity contribution in [1.29, 1.82) is 0 Å². The van der Waals surface area contributed by atoms with Gasteiger partial charge in [0.05, 0.1) is 0 Å². The summed E-state index contributed by atoms with van der Waals surface area (Å²) in [6.45, 7) is 3.46. The van der Waals surface area contributed by atoms with Crippen LogP contribution in [0.4, 0.5) is 0 Å². The Labute approximate surface area is 100 Å². The molecule has 1 aromatic rings. The second kappa shape index (κ2) is 6.52. The van der Waals surface area contributed by atoms with Gasteiger partial charge in [-0.2, -0.15) is 0 Å². The van der Waals surface area contributed by atoms with Crippen molar-refractivity contribution in [3.63, 3.8) is 0 Å². The first-order chi connectivity index (χ1) is 8.13. The maximum Gasteiger partial charge on any atom is 0.276 e. The van der Waals surface area contributed by atoms with Crippen LogP contribution in [0.1, 0.15) is 18.9 Å². The monoisotopic (exact) mass is 236 g/mol. The fourth-order valence-electron chi connectivity index (χ4n) is 1.13. The Hall–Kier alpha value is -2.04. The van der Waals surface area contributed by atoms with Gasteiger partial charge in [0.2, 0.25) is 5.91 Å². The number of carbonyl (C=O) groups excluding carboxylic acids is 2. The molecule has 0 heterocycles. The third kappa shape index (κ3) is 4.55. The van der Waals surface area contributed by atoms with Gasteiger partial charge >= 0.3 is 0 Å². The number of hydrazine groups is 1. The number of amides is 2. The number of hydrogen-bond donors (Lipinski definition) is 2. The van der Waals surface area contributed by atoms with E-state index >= 15 is 0 Å². The van der Waals surface area contributed by atoms with Crippen molar-refractivity contribution < 1.29 is 14.3 Å². The number of benzene rings is 1. The molecule has 0 fully saturated rings. The normalized spacial score (nSPS) is 9.53. The molecule has 2 N–H and O–H groups in total. The molecule has 0 aliphatic carbocycles. The van der Waals surface area contributed by atoms with Crippen LogP contribution in [0.25, 0.3) is 0 Å². The van der Waals surface area contributed by atoms with E-state index in [9.17, 15) is 9.59 Å². The standard InChI is InChI=1S/C12H16N2O3/c1-3-11(15)13-14-12(16)8-17-10-7-5-4-6-9(10)2/h4-7H,3,8H2,1-2H3,(H,13,15)(H,14,16). The summed E-state index contributed by atoms with van der Waals surface area (Å²) in [5.74, 6) is 0.0220. The van der Waals surface area contributed by atoms with Crippen molar-refractivity contribution in [2.45, 2.75) is 20.3 Å². The zero-order valence-electron chi connectivity index (χ0n) is 9.95. The van der Waals surface area contributed by atoms with Gasteiger partial charge in [0.15, 0.2) is 6.61 Å². The zero-order valence-corrected chi connectivity index (χ0v) is 9.95. The summed E-state index contributed by atoms with van der Waals surface area (Å²) in [6.07, 6.45) is 0.318. The first kappa shape index (κ1) is 13.0. The largest absolute Gasteiger partial charge is 0.483 e. The minimum absolute atomic E-state index is 0.130. The van der Waals surface area contributed by atoms with Crippen molar-refractivity contribution in [2.75, 3.05) is 6.61 Å². The van der Waals surface area contributed by atoms with Crippen LogP contribution in [-0.2, 0) is 9.59 Å². The Balaban J connectivity index is 2.34. The van der Waals surface area contributed by atoms with E-state index < -0.39 is 5.91 Å². The smallest absolute Gasteiger partial charge is 0.276 e. The molecule has 1 aromatic carbocycles. The van der Waals surface area contributed by atoms with Crippen LogP contribution >= 0.6 is 0 Å². The van der Waals surface area contributed by atoms with Gasteiger partial charge in [0.25, 0.3) is 5.91 Å². The highest BCUT2D eigenvalue weighted by Crippen LogP contribution is 2.15. The van der Waals surface area contributed by atoms with E-state index in [1.807, 2.05) is 25.1 Å². The number of ether oxygens (including phenoxy) is 1. The van der Waals surface area contributed by atoms with Crippen LogP contribution in [0.15, 0.2) is 24.3 Å². The van der Waals surface area contributed by atoms with Gasteiger partial charge in [0, 0.05) is 6.42 Å². The SMILES string of the molecule is CCC(=O)NNC(=O)COc1ccccc1C. The fraction of sp³-hybridized carbons (Fsp3) is 0.333. The molecule has 0 radical (unpaired) electrons. The third-order valence-electron chi connectivity index (χ3n) is 2.11. The van der Waals surface area contributed by atoms with Crippen molar-refractivity contribution in [1.82, 2.24) is 10.9 Å². The molecule has 17 heavy (non-hydrogen) atoms. The first-order valence-corrected chi connectivity index (χ1v) is 5.39. The zero-order chi connectivity index (χ0) is 12.7. The molecule has 0 spiro atoms. The highest BCUT2D eigenvalue weighted by Gasteiger charge is 2.05. The minimum atomic E-state index is -0.393. The van der Waals surface area contributed by atoms with Crippen molar-refractivity contribution in [3.8, 4) is 5.75 Å². The fourth-order valence-corrected chi connectivity index (χ4v) is 1.13. The molecule has 92 valence electrons. The number of nitrogens with one attached hydrogen (secondary N) is 2. The lowest BCUT2D eigenvalue weighted by Gasteiger charge is -2.09. The van der Waals surface area contributed by atoms with Gasteiger partial charge in [0.1, 0.15) is 5.75 Å². The van der Waals surface area contributed by atoms with E-state index in [0.717, 1.165) is 5.56 Å². The van der Waals surface area contributed by atoms with Crippen LogP contribution in [0.3, 0.4) is 0 Å². The average molecular weight is 236 g/mol. The summed E-state index contributed by atoms with van der Waals surface area (Å²) >= 11 is 0. The van der Waals surface area contributed by atoms with E-state index in [4.69, 9.17) is 4.74 Å². The highest BCUT2D eigenvalue weighted by molar-refractivity contribution is 5.82. The van der Waals surface area contributed by atoms with Crippen molar-refractivity contribution in [3.05, 3.63) is 29.8 Å². The second-order valence-electron chi connectivity index (χ2n) is 3.50. The topological polar surface area (TPSA) is 67.4 Å². The Bertz CT molecular complexity index is 404. The van der Waals surface area contributed by atoms with Gasteiger partial charge in [-0.25, -0.2) is 0 Å². The first-order valence-electron chi connectivity index (χ1n) is 5.39. The molecule has 0 aliphatic rings. The maximum atomic E-state index is 11.3. The van der Waals surface area contributed by atoms with Crippen LogP contribution in [0.5, 0.6) is 5.75 Å². The summed E-state index contributed by atoms with van der Waals surface area (Å²) in [4.78, 5) is 22.2. The average Bonchev–Trinajstić information content (AvgIpc) is 2.35. The summed E-state index contributed by atoms with van der Waals surface area (Å²) in [7, 11) is 0. The highest BCUT2D eigenvalue weighted by atomic mass is 16.5. The number of carbonyl (C=O) groups is 2. The van der Waals surface area contributed by atoms with Crippen LogP contribution in [0.2, 0.25) is 0 Å². The minimum Gasteiger partial charge on any atom is -0.483 e. The Morgan fingerprint density at radius 2 is 1.82 bits per heavy atom. The summed E-state index contributed by atoms with van der Waals surface area (Å²) in [5.41, 5.74) is 5.48. The predicted molar refractivity (Wildman–Crippen MR) is 63.3 cm³/mol. The number of rotatable bonds is 4. The maximum absolute atomic E-state index is 11.3. The molecule has 0 atom stereocenters. The van der Waals surface area contributed by atoms with Gasteiger partial charge in [-0.05, 0) is 18.6 Å². The lowest BCUT2D eigenvalue weighted by Crippen LogP contribution is -2.43. The molecule has 0 aliphatic heterocycles. The van der Waals surface area contributed by atoms with Gasteiger partial charge in [-0.1, -0.05) is 25.1 Å². The molecular weight excluding hydrogens is 220 g/mol. The summed E-state index contributed by atoms with van der Waals surface area (Å²) in [6, 6.07) is 7.40. The van der Waals surface area contributed by atoms with E-state index in [-0.39, 0.29) is 12.5 Å².